The molecule has 1 aromatic heterocycles. The van der Waals surface area contributed by atoms with Gasteiger partial charge >= 0.3 is 6.03 Å². The molecule has 2 heterocycles. The summed E-state index contributed by atoms with van der Waals surface area (Å²) in [6, 6.07) is 22.6. The predicted molar refractivity (Wildman–Crippen MR) is 153 cm³/mol. The van der Waals surface area contributed by atoms with E-state index in [0.717, 1.165) is 28.9 Å². The summed E-state index contributed by atoms with van der Waals surface area (Å²) in [5.41, 5.74) is 5.37. The van der Waals surface area contributed by atoms with Crippen molar-refractivity contribution >= 4 is 40.2 Å². The van der Waals surface area contributed by atoms with Gasteiger partial charge in [0.2, 0.25) is 5.91 Å². The molecule has 192 valence electrons. The van der Waals surface area contributed by atoms with Gasteiger partial charge in [0, 0.05) is 11.3 Å². The Balaban J connectivity index is 1.30. The van der Waals surface area contributed by atoms with Crippen molar-refractivity contribution in [1.82, 2.24) is 14.8 Å². The lowest BCUT2D eigenvalue weighted by Crippen LogP contribution is -2.31. The highest BCUT2D eigenvalue weighted by atomic mass is 32.2. The predicted octanol–water partition coefficient (Wildman–Crippen LogP) is 6.42. The molecule has 1 aliphatic heterocycles. The Morgan fingerprint density at radius 2 is 1.82 bits per heavy atom. The Bertz CT molecular complexity index is 1490. The van der Waals surface area contributed by atoms with Gasteiger partial charge < -0.3 is 5.32 Å². The van der Waals surface area contributed by atoms with Gasteiger partial charge in [0.15, 0.2) is 11.0 Å². The van der Waals surface area contributed by atoms with Crippen LogP contribution in [0.4, 0.5) is 16.2 Å². The second kappa shape index (κ2) is 11.0. The van der Waals surface area contributed by atoms with Crippen molar-refractivity contribution in [2.45, 2.75) is 33.1 Å². The molecular weight excluding hydrogens is 496 g/mol. The van der Waals surface area contributed by atoms with Crippen LogP contribution in [0.5, 0.6) is 0 Å². The van der Waals surface area contributed by atoms with Gasteiger partial charge in [-0.05, 0) is 67.3 Å². The Kier molecular flexibility index (Phi) is 7.37. The number of rotatable bonds is 6. The minimum Gasteiger partial charge on any atom is -0.306 e. The van der Waals surface area contributed by atoms with Crippen molar-refractivity contribution in [3.63, 3.8) is 0 Å². The number of aryl methyl sites for hydroxylation is 1. The van der Waals surface area contributed by atoms with Crippen molar-refractivity contribution in [2.24, 2.45) is 4.99 Å². The molecule has 0 saturated carbocycles. The Morgan fingerprint density at radius 3 is 2.55 bits per heavy atom. The number of anilines is 2. The summed E-state index contributed by atoms with van der Waals surface area (Å²) in [4.78, 5) is 35.7. The molecule has 3 amide bonds. The lowest BCUT2D eigenvalue weighted by Gasteiger charge is -2.22. The molecule has 3 aromatic carbocycles. The average Bonchev–Trinajstić information content (AvgIpc) is 3.56. The molecule has 0 spiro atoms. The number of urea groups is 1. The van der Waals surface area contributed by atoms with Crippen LogP contribution in [0.3, 0.4) is 0 Å². The monoisotopic (exact) mass is 524 g/mol. The van der Waals surface area contributed by atoms with E-state index in [4.69, 9.17) is 0 Å². The van der Waals surface area contributed by atoms with Crippen LogP contribution in [0.1, 0.15) is 37.3 Å². The van der Waals surface area contributed by atoms with Crippen molar-refractivity contribution < 1.29 is 9.59 Å². The maximum absolute atomic E-state index is 12.8. The molecule has 1 atom stereocenters. The molecule has 1 saturated heterocycles. The lowest BCUT2D eigenvalue weighted by atomic mass is 9.96. The van der Waals surface area contributed by atoms with Gasteiger partial charge in [0.25, 0.3) is 0 Å². The summed E-state index contributed by atoms with van der Waals surface area (Å²) in [6.45, 7) is 6.28. The number of benzene rings is 3. The van der Waals surface area contributed by atoms with Crippen LogP contribution in [0.15, 0.2) is 84.1 Å². The van der Waals surface area contributed by atoms with Gasteiger partial charge in [0.05, 0.1) is 17.1 Å². The second-order valence-corrected chi connectivity index (χ2v) is 10.1. The molecule has 0 radical (unpaired) electrons. The molecule has 1 N–H and O–H groups in total. The van der Waals surface area contributed by atoms with Gasteiger partial charge in [-0.1, -0.05) is 61.5 Å². The smallest absolute Gasteiger partial charge is 0.306 e. The molecule has 1 fully saturated rings. The normalized spacial score (nSPS) is 15.2. The van der Waals surface area contributed by atoms with Crippen molar-refractivity contribution in [3.05, 3.63) is 90.3 Å². The number of amides is 3. The average molecular weight is 525 g/mol. The Labute approximate surface area is 225 Å². The van der Waals surface area contributed by atoms with Gasteiger partial charge in [-0.2, -0.15) is 4.99 Å². The van der Waals surface area contributed by atoms with Crippen LogP contribution < -0.4 is 10.2 Å². The number of amidine groups is 1. The maximum Gasteiger partial charge on any atom is 0.347 e. The van der Waals surface area contributed by atoms with Crippen LogP contribution in [0, 0.1) is 6.92 Å². The molecule has 0 aliphatic carbocycles. The van der Waals surface area contributed by atoms with E-state index in [9.17, 15) is 9.59 Å². The zero-order valence-electron chi connectivity index (χ0n) is 21.5. The van der Waals surface area contributed by atoms with E-state index >= 15 is 0 Å². The first-order valence-electron chi connectivity index (χ1n) is 12.5. The molecule has 1 unspecified atom stereocenters. The van der Waals surface area contributed by atoms with Gasteiger partial charge in [0.1, 0.15) is 6.33 Å². The summed E-state index contributed by atoms with van der Waals surface area (Å²) in [7, 11) is 0. The van der Waals surface area contributed by atoms with Crippen molar-refractivity contribution in [2.75, 3.05) is 16.0 Å². The third-order valence-corrected chi connectivity index (χ3v) is 7.39. The highest BCUT2D eigenvalue weighted by molar-refractivity contribution is 8.15. The summed E-state index contributed by atoms with van der Waals surface area (Å²) < 4.78 is 1.73. The first-order chi connectivity index (χ1) is 18.4. The fourth-order valence-electron chi connectivity index (χ4n) is 4.17. The lowest BCUT2D eigenvalue weighted by molar-refractivity contribution is -0.115. The Morgan fingerprint density at radius 1 is 1.08 bits per heavy atom. The van der Waals surface area contributed by atoms with E-state index in [-0.39, 0.29) is 17.6 Å². The summed E-state index contributed by atoms with van der Waals surface area (Å²) in [5, 5.41) is 7.74. The van der Waals surface area contributed by atoms with Crippen LogP contribution >= 0.6 is 11.8 Å². The van der Waals surface area contributed by atoms with Crippen LogP contribution in [0.2, 0.25) is 0 Å². The summed E-state index contributed by atoms with van der Waals surface area (Å²) in [6.07, 6.45) is 2.62. The highest BCUT2D eigenvalue weighted by Crippen LogP contribution is 2.34. The molecular formula is C29H28N6O2S. The molecule has 8 nitrogen and oxygen atoms in total. The molecule has 38 heavy (non-hydrogen) atoms. The minimum atomic E-state index is -0.539. The standard InChI is InChI=1S/C29H28N6O2S/c1-4-20(3)24-7-5-6-8-25(24)35-26(36)17-38-29(35)32-28(37)31-22-13-11-21(12-14-22)27-30-18-34(33-27)23-15-9-19(2)10-16-23/h5-16,18,20H,4,17H2,1-3H3,(H,31,37)/b32-29-. The third-order valence-electron chi connectivity index (χ3n) is 6.47. The first-order valence-corrected chi connectivity index (χ1v) is 13.4. The molecule has 4 aromatic rings. The molecule has 5 rings (SSSR count). The number of hydrogen-bond donors (Lipinski definition) is 1. The van der Waals surface area contributed by atoms with Gasteiger partial charge in [-0.15, -0.1) is 5.10 Å². The molecule has 9 heteroatoms. The second-order valence-electron chi connectivity index (χ2n) is 9.14. The fraction of sp³-hybridized carbons (Fsp3) is 0.207. The number of aliphatic imine (C=N–C) groups is 1. The van der Waals surface area contributed by atoms with E-state index in [0.29, 0.717) is 16.7 Å². The number of carbonyl (C=O) groups is 2. The van der Waals surface area contributed by atoms with Crippen molar-refractivity contribution in [3.8, 4) is 17.1 Å². The van der Waals surface area contributed by atoms with E-state index in [1.54, 1.807) is 28.0 Å². The first kappa shape index (κ1) is 25.4. The number of hydrogen-bond acceptors (Lipinski definition) is 5. The number of nitrogens with zero attached hydrogens (tertiary/aromatic N) is 5. The van der Waals surface area contributed by atoms with Crippen molar-refractivity contribution in [1.29, 1.82) is 0 Å². The number of para-hydroxylation sites is 1. The molecule has 0 bridgehead atoms. The molecule has 1 aliphatic rings. The topological polar surface area (TPSA) is 92.5 Å². The van der Waals surface area contributed by atoms with Crippen LogP contribution in [0.25, 0.3) is 17.1 Å². The fourth-order valence-corrected chi connectivity index (χ4v) is 5.03. The van der Waals surface area contributed by atoms with Crippen LogP contribution in [-0.2, 0) is 4.79 Å². The van der Waals surface area contributed by atoms with E-state index < -0.39 is 6.03 Å². The number of nitrogens with one attached hydrogen (secondary N) is 1. The highest BCUT2D eigenvalue weighted by Gasteiger charge is 2.32. The van der Waals surface area contributed by atoms with Gasteiger partial charge in [-0.25, -0.2) is 14.5 Å². The zero-order chi connectivity index (χ0) is 26.6. The summed E-state index contributed by atoms with van der Waals surface area (Å²) in [5.74, 6) is 1.02. The van der Waals surface area contributed by atoms with E-state index in [1.807, 2.05) is 67.6 Å². The zero-order valence-corrected chi connectivity index (χ0v) is 22.3. The number of thioether (sulfide) groups is 1. The number of aromatic nitrogens is 3. The largest absolute Gasteiger partial charge is 0.347 e. The van der Waals surface area contributed by atoms with Crippen LogP contribution in [-0.4, -0.2) is 37.6 Å². The minimum absolute atomic E-state index is 0.0840. The Hall–Kier alpha value is -4.24. The van der Waals surface area contributed by atoms with E-state index in [1.165, 1.54) is 17.3 Å². The maximum atomic E-state index is 12.8. The number of carbonyl (C=O) groups excluding carboxylic acids is 2. The SMILES string of the molecule is CCC(C)c1ccccc1N1C(=O)CS/C1=N\C(=O)Nc1ccc(-c2ncn(-c3ccc(C)cc3)n2)cc1. The van der Waals surface area contributed by atoms with Gasteiger partial charge in [-0.3, -0.25) is 9.69 Å². The van der Waals surface area contributed by atoms with E-state index in [2.05, 4.69) is 34.2 Å². The third kappa shape index (κ3) is 5.38. The quantitative estimate of drug-likeness (QED) is 0.314. The summed E-state index contributed by atoms with van der Waals surface area (Å²) >= 11 is 1.27.